The number of imidazole rings is 1. The van der Waals surface area contributed by atoms with Gasteiger partial charge in [0.05, 0.1) is 12.2 Å². The van der Waals surface area contributed by atoms with Crippen LogP contribution in [0.3, 0.4) is 0 Å². The van der Waals surface area contributed by atoms with Gasteiger partial charge < -0.3 is 9.47 Å². The number of aromatic nitrogens is 2. The average molecular weight is 264 g/mol. The van der Waals surface area contributed by atoms with Crippen LogP contribution >= 0.6 is 0 Å². The molecule has 0 unspecified atom stereocenters. The zero-order valence-electron chi connectivity index (χ0n) is 12.6. The third kappa shape index (κ3) is 2.97. The molecule has 1 saturated heterocycles. The molecule has 1 aliphatic heterocycles. The number of hydrogen-bond donors (Lipinski definition) is 0. The Morgan fingerprint density at radius 3 is 2.53 bits per heavy atom. The summed E-state index contributed by atoms with van der Waals surface area (Å²) in [6.45, 7) is 6.79. The minimum Gasteiger partial charge on any atom is -0.345 e. The largest absolute Gasteiger partial charge is 0.345 e. The third-order valence-electron chi connectivity index (χ3n) is 4.11. The van der Waals surface area contributed by atoms with Crippen LogP contribution in [0.5, 0.6) is 0 Å². The third-order valence-corrected chi connectivity index (χ3v) is 4.11. The molecule has 106 valence electrons. The van der Waals surface area contributed by atoms with Crippen LogP contribution in [0.1, 0.15) is 23.6 Å². The SMILES string of the molecule is Cc1nc(CN(C)C[C@H]2CC(=O)N(C)C2)n(C)c1C. The molecule has 1 aromatic heterocycles. The summed E-state index contributed by atoms with van der Waals surface area (Å²) in [6.07, 6.45) is 0.680. The molecular weight excluding hydrogens is 240 g/mol. The molecule has 0 N–H and O–H groups in total. The topological polar surface area (TPSA) is 41.4 Å². The molecule has 1 atom stereocenters. The van der Waals surface area contributed by atoms with Gasteiger partial charge in [0.15, 0.2) is 0 Å². The van der Waals surface area contributed by atoms with Crippen LogP contribution in [0.2, 0.25) is 0 Å². The van der Waals surface area contributed by atoms with E-state index in [2.05, 4.69) is 35.5 Å². The van der Waals surface area contributed by atoms with E-state index in [4.69, 9.17) is 0 Å². The summed E-state index contributed by atoms with van der Waals surface area (Å²) in [5.74, 6) is 1.81. The van der Waals surface area contributed by atoms with E-state index in [1.54, 1.807) is 0 Å². The first kappa shape index (κ1) is 14.1. The summed E-state index contributed by atoms with van der Waals surface area (Å²) in [7, 11) is 6.04. The maximum absolute atomic E-state index is 11.5. The zero-order chi connectivity index (χ0) is 14.2. The van der Waals surface area contributed by atoms with Crippen molar-refractivity contribution in [3.05, 3.63) is 17.2 Å². The number of carbonyl (C=O) groups excluding carboxylic acids is 1. The van der Waals surface area contributed by atoms with E-state index >= 15 is 0 Å². The first-order valence-electron chi connectivity index (χ1n) is 6.79. The highest BCUT2D eigenvalue weighted by Gasteiger charge is 2.27. The molecule has 0 saturated carbocycles. The van der Waals surface area contributed by atoms with Gasteiger partial charge in [-0.05, 0) is 26.8 Å². The van der Waals surface area contributed by atoms with Crippen LogP contribution < -0.4 is 0 Å². The van der Waals surface area contributed by atoms with Gasteiger partial charge >= 0.3 is 0 Å². The Morgan fingerprint density at radius 1 is 1.37 bits per heavy atom. The molecule has 5 nitrogen and oxygen atoms in total. The molecule has 0 spiro atoms. The standard InChI is InChI=1S/C14H24N4O/c1-10-11(2)18(5)13(15-10)9-16(3)7-12-6-14(19)17(4)8-12/h12H,6-9H2,1-5H3/t12-/m1/s1. The van der Waals surface area contributed by atoms with E-state index in [9.17, 15) is 4.79 Å². The first-order valence-corrected chi connectivity index (χ1v) is 6.79. The molecule has 5 heteroatoms. The normalized spacial score (nSPS) is 19.8. The number of nitrogens with zero attached hydrogens (tertiary/aromatic N) is 4. The Balaban J connectivity index is 1.93. The van der Waals surface area contributed by atoms with Gasteiger partial charge in [-0.2, -0.15) is 0 Å². The molecule has 1 aromatic rings. The van der Waals surface area contributed by atoms with Crippen molar-refractivity contribution in [2.24, 2.45) is 13.0 Å². The number of aryl methyl sites for hydroxylation is 1. The highest BCUT2D eigenvalue weighted by Crippen LogP contribution is 2.18. The van der Waals surface area contributed by atoms with E-state index in [1.165, 1.54) is 5.69 Å². The van der Waals surface area contributed by atoms with Crippen molar-refractivity contribution in [1.82, 2.24) is 19.4 Å². The second kappa shape index (κ2) is 5.33. The quantitative estimate of drug-likeness (QED) is 0.813. The molecule has 1 amide bonds. The minimum atomic E-state index is 0.266. The molecule has 0 radical (unpaired) electrons. The lowest BCUT2D eigenvalue weighted by atomic mass is 10.1. The Kier molecular flexibility index (Phi) is 3.94. The molecule has 1 aliphatic rings. The van der Waals surface area contributed by atoms with Crippen LogP contribution in [0.25, 0.3) is 0 Å². The van der Waals surface area contributed by atoms with E-state index in [0.29, 0.717) is 12.3 Å². The summed E-state index contributed by atoms with van der Waals surface area (Å²) in [4.78, 5) is 20.2. The molecule has 19 heavy (non-hydrogen) atoms. The fourth-order valence-corrected chi connectivity index (χ4v) is 2.75. The number of likely N-dealkylation sites (tertiary alicyclic amines) is 1. The molecular formula is C14H24N4O. The lowest BCUT2D eigenvalue weighted by Gasteiger charge is -2.20. The van der Waals surface area contributed by atoms with E-state index < -0.39 is 0 Å². The van der Waals surface area contributed by atoms with Crippen LogP contribution in [-0.4, -0.2) is 52.4 Å². The van der Waals surface area contributed by atoms with Crippen molar-refractivity contribution in [2.75, 3.05) is 27.2 Å². The second-order valence-corrected chi connectivity index (χ2v) is 5.80. The fourth-order valence-electron chi connectivity index (χ4n) is 2.75. The number of amides is 1. The average Bonchev–Trinajstić information content (AvgIpc) is 2.75. The van der Waals surface area contributed by atoms with E-state index in [0.717, 1.165) is 31.2 Å². The fraction of sp³-hybridized carbons (Fsp3) is 0.714. The number of hydrogen-bond acceptors (Lipinski definition) is 3. The smallest absolute Gasteiger partial charge is 0.222 e. The monoisotopic (exact) mass is 264 g/mol. The van der Waals surface area contributed by atoms with Gasteiger partial charge in [0, 0.05) is 39.3 Å². The van der Waals surface area contributed by atoms with Crippen molar-refractivity contribution in [2.45, 2.75) is 26.8 Å². The first-order chi connectivity index (χ1) is 8.88. The molecule has 1 fully saturated rings. The van der Waals surface area contributed by atoms with Gasteiger partial charge in [0.1, 0.15) is 5.82 Å². The molecule has 0 bridgehead atoms. The highest BCUT2D eigenvalue weighted by molar-refractivity contribution is 5.78. The van der Waals surface area contributed by atoms with Crippen LogP contribution in [0.15, 0.2) is 0 Å². The van der Waals surface area contributed by atoms with Crippen molar-refractivity contribution in [1.29, 1.82) is 0 Å². The maximum Gasteiger partial charge on any atom is 0.222 e. The maximum atomic E-state index is 11.5. The van der Waals surface area contributed by atoms with Gasteiger partial charge in [0.25, 0.3) is 0 Å². The summed E-state index contributed by atoms with van der Waals surface area (Å²) in [5, 5.41) is 0. The Bertz CT molecular complexity index is 480. The molecule has 2 rings (SSSR count). The van der Waals surface area contributed by atoms with Crippen molar-refractivity contribution in [3.63, 3.8) is 0 Å². The molecule has 0 aromatic carbocycles. The number of rotatable bonds is 4. The summed E-state index contributed by atoms with van der Waals surface area (Å²) in [5.41, 5.74) is 2.32. The predicted octanol–water partition coefficient (Wildman–Crippen LogP) is 0.947. The Morgan fingerprint density at radius 2 is 2.05 bits per heavy atom. The minimum absolute atomic E-state index is 0.266. The lowest BCUT2D eigenvalue weighted by Crippen LogP contribution is -2.28. The zero-order valence-corrected chi connectivity index (χ0v) is 12.6. The van der Waals surface area contributed by atoms with Gasteiger partial charge in [-0.25, -0.2) is 4.98 Å². The summed E-state index contributed by atoms with van der Waals surface area (Å²) in [6, 6.07) is 0. The Labute approximate surface area is 115 Å². The van der Waals surface area contributed by atoms with Crippen LogP contribution in [0.4, 0.5) is 0 Å². The van der Waals surface area contributed by atoms with Gasteiger partial charge in [-0.1, -0.05) is 0 Å². The summed E-state index contributed by atoms with van der Waals surface area (Å²) >= 11 is 0. The van der Waals surface area contributed by atoms with Gasteiger partial charge in [-0.15, -0.1) is 0 Å². The Hall–Kier alpha value is -1.36. The molecule has 0 aliphatic carbocycles. The van der Waals surface area contributed by atoms with Gasteiger partial charge in [-0.3, -0.25) is 9.69 Å². The second-order valence-electron chi connectivity index (χ2n) is 5.80. The van der Waals surface area contributed by atoms with Crippen LogP contribution in [-0.2, 0) is 18.4 Å². The van der Waals surface area contributed by atoms with E-state index in [-0.39, 0.29) is 5.91 Å². The van der Waals surface area contributed by atoms with Gasteiger partial charge in [0.2, 0.25) is 5.91 Å². The van der Waals surface area contributed by atoms with Crippen molar-refractivity contribution in [3.8, 4) is 0 Å². The summed E-state index contributed by atoms with van der Waals surface area (Å²) < 4.78 is 2.15. The lowest BCUT2D eigenvalue weighted by molar-refractivity contribution is -0.126. The predicted molar refractivity (Wildman–Crippen MR) is 74.8 cm³/mol. The van der Waals surface area contributed by atoms with E-state index in [1.807, 2.05) is 18.9 Å². The van der Waals surface area contributed by atoms with Crippen molar-refractivity contribution < 1.29 is 4.79 Å². The van der Waals surface area contributed by atoms with Crippen molar-refractivity contribution >= 4 is 5.91 Å². The highest BCUT2D eigenvalue weighted by atomic mass is 16.2. The van der Waals surface area contributed by atoms with Crippen LogP contribution in [0, 0.1) is 19.8 Å². The number of carbonyl (C=O) groups is 1. The molecule has 2 heterocycles.